The van der Waals surface area contributed by atoms with Gasteiger partial charge in [-0.05, 0) is 35.8 Å². The molecule has 2 aromatic rings. The quantitative estimate of drug-likeness (QED) is 0.848. The molecule has 2 nitrogen and oxygen atoms in total. The first kappa shape index (κ1) is 12.7. The minimum absolute atomic E-state index is 0.147. The van der Waals surface area contributed by atoms with E-state index in [1.54, 1.807) is 13.2 Å². The number of allylic oxidation sites excluding steroid dienone is 2. The van der Waals surface area contributed by atoms with Crippen LogP contribution in [0.4, 0.5) is 0 Å². The molecule has 1 aliphatic rings. The zero-order valence-corrected chi connectivity index (χ0v) is 11.4. The van der Waals surface area contributed by atoms with Gasteiger partial charge in [0.25, 0.3) is 0 Å². The van der Waals surface area contributed by atoms with Crippen molar-refractivity contribution in [2.24, 2.45) is 0 Å². The second-order valence-electron chi connectivity index (χ2n) is 4.97. The van der Waals surface area contributed by atoms with E-state index in [0.717, 1.165) is 16.9 Å². The summed E-state index contributed by atoms with van der Waals surface area (Å²) in [6.07, 6.45) is 4.36. The van der Waals surface area contributed by atoms with Gasteiger partial charge in [0.15, 0.2) is 5.78 Å². The molecule has 100 valence electrons. The van der Waals surface area contributed by atoms with Crippen molar-refractivity contribution < 1.29 is 9.53 Å². The Morgan fingerprint density at radius 3 is 2.15 bits per heavy atom. The third-order valence-corrected chi connectivity index (χ3v) is 3.96. The number of ketones is 1. The first-order valence-corrected chi connectivity index (χ1v) is 6.68. The van der Waals surface area contributed by atoms with Crippen LogP contribution in [0.5, 0.6) is 5.75 Å². The fraction of sp³-hybridized carbons (Fsp3) is 0.167. The second-order valence-corrected chi connectivity index (χ2v) is 4.97. The van der Waals surface area contributed by atoms with Crippen LogP contribution in [0.25, 0.3) is 0 Å². The molecule has 2 heteroatoms. The predicted octanol–water partition coefficient (Wildman–Crippen LogP) is 3.51. The van der Waals surface area contributed by atoms with Crippen molar-refractivity contribution in [1.29, 1.82) is 0 Å². The number of methoxy groups -OCH3 is 1. The van der Waals surface area contributed by atoms with Crippen LogP contribution in [0.15, 0.2) is 66.7 Å². The second kappa shape index (κ2) is 4.97. The van der Waals surface area contributed by atoms with E-state index in [9.17, 15) is 4.79 Å². The summed E-state index contributed by atoms with van der Waals surface area (Å²) >= 11 is 0. The Balaban J connectivity index is 2.14. The van der Waals surface area contributed by atoms with Gasteiger partial charge in [-0.3, -0.25) is 4.79 Å². The predicted molar refractivity (Wildman–Crippen MR) is 79.0 cm³/mol. The van der Waals surface area contributed by atoms with E-state index in [1.165, 1.54) is 0 Å². The van der Waals surface area contributed by atoms with Gasteiger partial charge in [-0.15, -0.1) is 0 Å². The van der Waals surface area contributed by atoms with Crippen LogP contribution >= 0.6 is 0 Å². The van der Waals surface area contributed by atoms with Crippen LogP contribution in [0, 0.1) is 0 Å². The van der Waals surface area contributed by atoms with Crippen LogP contribution in [-0.4, -0.2) is 12.9 Å². The highest BCUT2D eigenvalue weighted by atomic mass is 16.5. The van der Waals surface area contributed by atoms with Gasteiger partial charge in [-0.1, -0.05) is 48.5 Å². The monoisotopic (exact) mass is 264 g/mol. The van der Waals surface area contributed by atoms with Gasteiger partial charge >= 0.3 is 0 Å². The standard InChI is InChI=1S/C18H16O2/c1-20-16-11-9-15(10-12-16)18(13-5-8-17(18)19)14-6-3-2-4-7-14/h2-12H,13H2,1H3. The van der Waals surface area contributed by atoms with Gasteiger partial charge in [-0.25, -0.2) is 0 Å². The highest BCUT2D eigenvalue weighted by Crippen LogP contribution is 2.41. The molecule has 0 aromatic heterocycles. The summed E-state index contributed by atoms with van der Waals surface area (Å²) in [7, 11) is 1.64. The lowest BCUT2D eigenvalue weighted by molar-refractivity contribution is -0.117. The van der Waals surface area contributed by atoms with Crippen LogP contribution in [-0.2, 0) is 10.2 Å². The Labute approximate surface area is 118 Å². The molecule has 0 N–H and O–H groups in total. The summed E-state index contributed by atoms with van der Waals surface area (Å²) in [5.74, 6) is 0.948. The van der Waals surface area contributed by atoms with Crippen molar-refractivity contribution in [1.82, 2.24) is 0 Å². The topological polar surface area (TPSA) is 26.3 Å². The molecule has 0 radical (unpaired) electrons. The zero-order valence-electron chi connectivity index (χ0n) is 11.4. The summed E-state index contributed by atoms with van der Waals surface area (Å²) in [4.78, 5) is 12.5. The van der Waals surface area contributed by atoms with Gasteiger partial charge in [0.2, 0.25) is 0 Å². The van der Waals surface area contributed by atoms with E-state index in [2.05, 4.69) is 0 Å². The molecule has 0 fully saturated rings. The van der Waals surface area contributed by atoms with Crippen molar-refractivity contribution in [2.75, 3.05) is 7.11 Å². The fourth-order valence-corrected chi connectivity index (χ4v) is 2.87. The lowest BCUT2D eigenvalue weighted by Crippen LogP contribution is -2.32. The number of hydrogen-bond acceptors (Lipinski definition) is 2. The molecule has 1 aliphatic carbocycles. The summed E-state index contributed by atoms with van der Waals surface area (Å²) < 4.78 is 5.20. The van der Waals surface area contributed by atoms with Crippen LogP contribution in [0.2, 0.25) is 0 Å². The summed E-state index contributed by atoms with van der Waals surface area (Å²) in [5.41, 5.74) is 1.48. The van der Waals surface area contributed by atoms with Crippen LogP contribution in [0.3, 0.4) is 0 Å². The van der Waals surface area contributed by atoms with Gasteiger partial charge < -0.3 is 4.74 Å². The average Bonchev–Trinajstić information content (AvgIpc) is 2.91. The Morgan fingerprint density at radius 2 is 1.60 bits per heavy atom. The summed E-state index contributed by atoms with van der Waals surface area (Å²) in [5, 5.41) is 0. The van der Waals surface area contributed by atoms with Gasteiger partial charge in [0.1, 0.15) is 5.75 Å². The lowest BCUT2D eigenvalue weighted by Gasteiger charge is -2.28. The van der Waals surface area contributed by atoms with Gasteiger partial charge in [-0.2, -0.15) is 0 Å². The molecule has 0 saturated carbocycles. The lowest BCUT2D eigenvalue weighted by atomic mass is 9.72. The summed E-state index contributed by atoms with van der Waals surface area (Å²) in [6, 6.07) is 17.8. The first-order valence-electron chi connectivity index (χ1n) is 6.68. The molecule has 20 heavy (non-hydrogen) atoms. The molecule has 0 spiro atoms. The molecule has 0 aliphatic heterocycles. The SMILES string of the molecule is COc1ccc(C2(c3ccccc3)CC=CC2=O)cc1. The normalized spacial score (nSPS) is 21.1. The maximum atomic E-state index is 12.5. The third-order valence-electron chi connectivity index (χ3n) is 3.96. The maximum absolute atomic E-state index is 12.5. The highest BCUT2D eigenvalue weighted by Gasteiger charge is 2.42. The minimum atomic E-state index is -0.576. The van der Waals surface area contributed by atoms with E-state index in [1.807, 2.05) is 60.7 Å². The average molecular weight is 264 g/mol. The van der Waals surface area contributed by atoms with Crippen molar-refractivity contribution >= 4 is 5.78 Å². The Bertz CT molecular complexity index is 641. The maximum Gasteiger partial charge on any atom is 0.170 e. The molecule has 0 amide bonds. The Morgan fingerprint density at radius 1 is 0.950 bits per heavy atom. The number of ether oxygens (including phenoxy) is 1. The van der Waals surface area contributed by atoms with E-state index >= 15 is 0 Å². The van der Waals surface area contributed by atoms with Crippen molar-refractivity contribution in [2.45, 2.75) is 11.8 Å². The zero-order chi connectivity index (χ0) is 14.0. The molecular formula is C18H16O2. The smallest absolute Gasteiger partial charge is 0.170 e. The van der Waals surface area contributed by atoms with Crippen LogP contribution in [0.1, 0.15) is 17.5 Å². The first-order chi connectivity index (χ1) is 9.77. The van der Waals surface area contributed by atoms with Crippen molar-refractivity contribution in [3.63, 3.8) is 0 Å². The van der Waals surface area contributed by atoms with E-state index in [-0.39, 0.29) is 5.78 Å². The largest absolute Gasteiger partial charge is 0.497 e. The number of benzene rings is 2. The van der Waals surface area contributed by atoms with E-state index < -0.39 is 5.41 Å². The summed E-state index contributed by atoms with van der Waals surface area (Å²) in [6.45, 7) is 0. The Kier molecular flexibility index (Phi) is 3.15. The molecule has 1 atom stereocenters. The van der Waals surface area contributed by atoms with Crippen molar-refractivity contribution in [3.05, 3.63) is 77.9 Å². The molecule has 0 saturated heterocycles. The van der Waals surface area contributed by atoms with Gasteiger partial charge in [0, 0.05) is 0 Å². The number of carbonyl (C=O) groups excluding carboxylic acids is 1. The van der Waals surface area contributed by atoms with Crippen LogP contribution < -0.4 is 4.74 Å². The minimum Gasteiger partial charge on any atom is -0.497 e. The molecule has 3 rings (SSSR count). The Hall–Kier alpha value is -2.35. The van der Waals surface area contributed by atoms with Crippen molar-refractivity contribution in [3.8, 4) is 5.75 Å². The molecule has 0 bridgehead atoms. The molecular weight excluding hydrogens is 248 g/mol. The van der Waals surface area contributed by atoms with E-state index in [4.69, 9.17) is 4.74 Å². The van der Waals surface area contributed by atoms with Gasteiger partial charge in [0.05, 0.1) is 12.5 Å². The number of hydrogen-bond donors (Lipinski definition) is 0. The number of carbonyl (C=O) groups is 1. The fourth-order valence-electron chi connectivity index (χ4n) is 2.87. The molecule has 2 aromatic carbocycles. The molecule has 1 unspecified atom stereocenters. The third kappa shape index (κ3) is 1.85. The van der Waals surface area contributed by atoms with E-state index in [0.29, 0.717) is 6.42 Å². The molecule has 0 heterocycles. The highest BCUT2D eigenvalue weighted by molar-refractivity contribution is 6.04. The number of rotatable bonds is 3.